The van der Waals surface area contributed by atoms with Crippen LogP contribution in [0.2, 0.25) is 0 Å². The lowest BCUT2D eigenvalue weighted by atomic mass is 10.2. The van der Waals surface area contributed by atoms with Crippen LogP contribution in [0.1, 0.15) is 19.3 Å². The summed E-state index contributed by atoms with van der Waals surface area (Å²) in [4.78, 5) is 0. The van der Waals surface area contributed by atoms with E-state index < -0.39 is 6.36 Å². The predicted molar refractivity (Wildman–Crippen MR) is 59.0 cm³/mol. The average Bonchev–Trinajstić information content (AvgIpc) is 3.02. The van der Waals surface area contributed by atoms with Crippen LogP contribution < -0.4 is 10.1 Å². The highest BCUT2D eigenvalue weighted by molar-refractivity contribution is 5.46. The first-order valence-electron chi connectivity index (χ1n) is 5.62. The molecule has 0 spiro atoms. The summed E-state index contributed by atoms with van der Waals surface area (Å²) in [6, 6.07) is 5.81. The summed E-state index contributed by atoms with van der Waals surface area (Å²) in [6.07, 6.45) is -0.887. The van der Waals surface area contributed by atoms with Crippen molar-refractivity contribution in [1.29, 1.82) is 0 Å². The third kappa shape index (κ3) is 4.54. The second-order valence-corrected chi connectivity index (χ2v) is 4.23. The van der Waals surface area contributed by atoms with Crippen molar-refractivity contribution >= 4 is 5.69 Å². The molecule has 1 aromatic carbocycles. The molecule has 5 heteroatoms. The summed E-state index contributed by atoms with van der Waals surface area (Å²) < 4.78 is 39.5. The van der Waals surface area contributed by atoms with Gasteiger partial charge < -0.3 is 10.1 Å². The lowest BCUT2D eigenvalue weighted by Gasteiger charge is -2.10. The highest BCUT2D eigenvalue weighted by Gasteiger charge is 2.30. The minimum Gasteiger partial charge on any atom is -0.406 e. The summed E-state index contributed by atoms with van der Waals surface area (Å²) in [5.41, 5.74) is 0.820. The van der Waals surface area contributed by atoms with Gasteiger partial charge in [-0.3, -0.25) is 0 Å². The topological polar surface area (TPSA) is 21.3 Å². The summed E-state index contributed by atoms with van der Waals surface area (Å²) in [5.74, 6) is 0.653. The number of ether oxygens (including phenoxy) is 1. The van der Waals surface area contributed by atoms with Crippen molar-refractivity contribution < 1.29 is 17.9 Å². The molecular formula is C12H14F3NO. The van der Waals surface area contributed by atoms with Crippen molar-refractivity contribution in [1.82, 2.24) is 0 Å². The fourth-order valence-electron chi connectivity index (χ4n) is 1.60. The molecule has 1 aromatic rings. The maximum absolute atomic E-state index is 11.9. The molecule has 1 fully saturated rings. The van der Waals surface area contributed by atoms with E-state index in [2.05, 4.69) is 10.1 Å². The van der Waals surface area contributed by atoms with Gasteiger partial charge in [0, 0.05) is 12.2 Å². The van der Waals surface area contributed by atoms with E-state index in [0.29, 0.717) is 0 Å². The van der Waals surface area contributed by atoms with Gasteiger partial charge in [0.15, 0.2) is 0 Å². The van der Waals surface area contributed by atoms with Crippen molar-refractivity contribution in [2.24, 2.45) is 5.92 Å². The minimum absolute atomic E-state index is 0.190. The van der Waals surface area contributed by atoms with Gasteiger partial charge in [0.25, 0.3) is 0 Å². The van der Waals surface area contributed by atoms with Gasteiger partial charge in [-0.15, -0.1) is 13.2 Å². The second kappa shape index (κ2) is 4.85. The monoisotopic (exact) mass is 245 g/mol. The Bertz CT molecular complexity index is 357. The van der Waals surface area contributed by atoms with Crippen LogP contribution in [0.25, 0.3) is 0 Å². The molecule has 0 radical (unpaired) electrons. The standard InChI is InChI=1S/C12H14F3NO/c13-12(14,15)17-11-5-3-10(4-6-11)16-8-7-9-1-2-9/h3-6,9,16H,1-2,7-8H2. The van der Waals surface area contributed by atoms with E-state index in [1.807, 2.05) is 0 Å². The fourth-order valence-corrected chi connectivity index (χ4v) is 1.60. The Labute approximate surface area is 97.8 Å². The van der Waals surface area contributed by atoms with Crippen molar-refractivity contribution in [2.75, 3.05) is 11.9 Å². The molecular weight excluding hydrogens is 231 g/mol. The average molecular weight is 245 g/mol. The molecule has 0 saturated heterocycles. The molecule has 0 amide bonds. The van der Waals surface area contributed by atoms with Crippen molar-refractivity contribution in [3.05, 3.63) is 24.3 Å². The van der Waals surface area contributed by atoms with Crippen LogP contribution >= 0.6 is 0 Å². The van der Waals surface area contributed by atoms with Crippen molar-refractivity contribution in [3.63, 3.8) is 0 Å². The lowest BCUT2D eigenvalue weighted by molar-refractivity contribution is -0.274. The van der Waals surface area contributed by atoms with Gasteiger partial charge in [-0.1, -0.05) is 12.8 Å². The van der Waals surface area contributed by atoms with Crippen molar-refractivity contribution in [2.45, 2.75) is 25.6 Å². The Hall–Kier alpha value is -1.39. The SMILES string of the molecule is FC(F)(F)Oc1ccc(NCCC2CC2)cc1. The largest absolute Gasteiger partial charge is 0.573 e. The number of hydrogen-bond acceptors (Lipinski definition) is 2. The molecule has 1 N–H and O–H groups in total. The molecule has 2 rings (SSSR count). The molecule has 0 atom stereocenters. The van der Waals surface area contributed by atoms with Gasteiger partial charge in [0.1, 0.15) is 5.75 Å². The zero-order valence-corrected chi connectivity index (χ0v) is 9.26. The summed E-state index contributed by atoms with van der Waals surface area (Å²) in [7, 11) is 0. The summed E-state index contributed by atoms with van der Waals surface area (Å²) >= 11 is 0. The molecule has 2 nitrogen and oxygen atoms in total. The number of halogens is 3. The maximum atomic E-state index is 11.9. The van der Waals surface area contributed by atoms with Gasteiger partial charge in [-0.05, 0) is 36.6 Å². The van der Waals surface area contributed by atoms with Gasteiger partial charge >= 0.3 is 6.36 Å². The van der Waals surface area contributed by atoms with E-state index in [4.69, 9.17) is 0 Å². The van der Waals surface area contributed by atoms with Gasteiger partial charge in [0.2, 0.25) is 0 Å². The zero-order valence-electron chi connectivity index (χ0n) is 9.26. The highest BCUT2D eigenvalue weighted by atomic mass is 19.4. The van der Waals surface area contributed by atoms with Gasteiger partial charge in [0.05, 0.1) is 0 Å². The first kappa shape index (κ1) is 12.1. The summed E-state index contributed by atoms with van der Waals surface area (Å²) in [6.45, 7) is 0.865. The smallest absolute Gasteiger partial charge is 0.406 e. The van der Waals surface area contributed by atoms with Crippen LogP contribution in [0.15, 0.2) is 24.3 Å². The summed E-state index contributed by atoms with van der Waals surface area (Å²) in [5, 5.41) is 3.17. The van der Waals surface area contributed by atoms with Crippen LogP contribution in [-0.2, 0) is 0 Å². The van der Waals surface area contributed by atoms with E-state index in [9.17, 15) is 13.2 Å². The minimum atomic E-state index is -4.62. The molecule has 94 valence electrons. The van der Waals surface area contributed by atoms with E-state index in [-0.39, 0.29) is 5.75 Å². The first-order chi connectivity index (χ1) is 8.03. The van der Waals surface area contributed by atoms with Crippen LogP contribution in [0.3, 0.4) is 0 Å². The molecule has 0 heterocycles. The van der Waals surface area contributed by atoms with Crippen LogP contribution in [0.4, 0.5) is 18.9 Å². The van der Waals surface area contributed by atoms with Crippen LogP contribution in [-0.4, -0.2) is 12.9 Å². The quantitative estimate of drug-likeness (QED) is 0.852. The number of hydrogen-bond donors (Lipinski definition) is 1. The highest BCUT2D eigenvalue weighted by Crippen LogP contribution is 2.32. The number of nitrogens with one attached hydrogen (secondary N) is 1. The molecule has 17 heavy (non-hydrogen) atoms. The molecule has 0 bridgehead atoms. The molecule has 1 aliphatic carbocycles. The zero-order chi connectivity index (χ0) is 12.3. The third-order valence-corrected chi connectivity index (χ3v) is 2.67. The van der Waals surface area contributed by atoms with E-state index in [1.165, 1.54) is 25.0 Å². The first-order valence-corrected chi connectivity index (χ1v) is 5.62. The Morgan fingerprint density at radius 1 is 1.18 bits per heavy atom. The van der Waals surface area contributed by atoms with Gasteiger partial charge in [-0.2, -0.15) is 0 Å². The number of rotatable bonds is 5. The van der Waals surface area contributed by atoms with Gasteiger partial charge in [-0.25, -0.2) is 0 Å². The second-order valence-electron chi connectivity index (χ2n) is 4.23. The normalized spacial score (nSPS) is 15.7. The molecule has 0 aliphatic heterocycles. The Morgan fingerprint density at radius 2 is 1.82 bits per heavy atom. The molecule has 1 aliphatic rings. The van der Waals surface area contributed by atoms with E-state index in [0.717, 1.165) is 24.6 Å². The number of anilines is 1. The Kier molecular flexibility index (Phi) is 3.45. The number of benzene rings is 1. The molecule has 0 aromatic heterocycles. The third-order valence-electron chi connectivity index (χ3n) is 2.67. The Morgan fingerprint density at radius 3 is 2.35 bits per heavy atom. The van der Waals surface area contributed by atoms with Crippen LogP contribution in [0.5, 0.6) is 5.75 Å². The number of alkyl halides is 3. The van der Waals surface area contributed by atoms with Crippen molar-refractivity contribution in [3.8, 4) is 5.75 Å². The predicted octanol–water partition coefficient (Wildman–Crippen LogP) is 3.80. The lowest BCUT2D eigenvalue weighted by Crippen LogP contribution is -2.17. The van der Waals surface area contributed by atoms with Crippen LogP contribution in [0, 0.1) is 5.92 Å². The van der Waals surface area contributed by atoms with E-state index >= 15 is 0 Å². The Balaban J connectivity index is 1.79. The fraction of sp³-hybridized carbons (Fsp3) is 0.500. The maximum Gasteiger partial charge on any atom is 0.573 e. The van der Waals surface area contributed by atoms with E-state index in [1.54, 1.807) is 12.1 Å². The molecule has 1 saturated carbocycles. The molecule has 0 unspecified atom stereocenters.